The van der Waals surface area contributed by atoms with Gasteiger partial charge < -0.3 is 25.3 Å². The number of carbonyl (C=O) groups excluding carboxylic acids is 2. The summed E-state index contributed by atoms with van der Waals surface area (Å²) in [6, 6.07) is 3.40. The SMILES string of the molecule is CC1(C)CC(=O)c2c3c(n(-c4cc(F)c(C(N)=O)c(N[C@H]5CC[C@H](OCCN6CCCCC6)CC5)c4)c2C1)CCC3. The van der Waals surface area contributed by atoms with Crippen LogP contribution in [0.2, 0.25) is 0 Å². The van der Waals surface area contributed by atoms with Crippen LogP contribution in [-0.4, -0.2) is 59.5 Å². The molecule has 1 aromatic carbocycles. The number of nitrogens with two attached hydrogens (primary N) is 1. The Morgan fingerprint density at radius 1 is 1.05 bits per heavy atom. The van der Waals surface area contributed by atoms with Crippen molar-refractivity contribution in [2.24, 2.45) is 11.1 Å². The Balaban J connectivity index is 1.21. The third-order valence-corrected chi connectivity index (χ3v) is 9.71. The third kappa shape index (κ3) is 5.82. The topological polar surface area (TPSA) is 89.6 Å². The van der Waals surface area contributed by atoms with Gasteiger partial charge in [0.25, 0.3) is 5.91 Å². The lowest BCUT2D eigenvalue weighted by molar-refractivity contribution is 0.0123. The molecule has 1 aromatic heterocycles. The van der Waals surface area contributed by atoms with E-state index in [0.717, 1.165) is 87.0 Å². The van der Waals surface area contributed by atoms with E-state index in [-0.39, 0.29) is 28.9 Å². The molecule has 41 heavy (non-hydrogen) atoms. The number of hydrogen-bond acceptors (Lipinski definition) is 5. The number of ketones is 1. The normalized spacial score (nSPS) is 24.2. The minimum absolute atomic E-state index is 0.0947. The summed E-state index contributed by atoms with van der Waals surface area (Å²) in [7, 11) is 0. The summed E-state index contributed by atoms with van der Waals surface area (Å²) in [5.74, 6) is -1.21. The molecule has 6 rings (SSSR count). The van der Waals surface area contributed by atoms with Gasteiger partial charge >= 0.3 is 0 Å². The second-order valence-electron chi connectivity index (χ2n) is 13.5. The van der Waals surface area contributed by atoms with Crippen LogP contribution >= 0.6 is 0 Å². The van der Waals surface area contributed by atoms with Crippen molar-refractivity contribution in [3.63, 3.8) is 0 Å². The molecule has 2 fully saturated rings. The molecule has 0 atom stereocenters. The lowest BCUT2D eigenvalue weighted by Gasteiger charge is -2.32. The van der Waals surface area contributed by atoms with Gasteiger partial charge in [0.1, 0.15) is 5.82 Å². The summed E-state index contributed by atoms with van der Waals surface area (Å²) in [5.41, 5.74) is 10.6. The Morgan fingerprint density at radius 2 is 1.80 bits per heavy atom. The first-order chi connectivity index (χ1) is 19.7. The van der Waals surface area contributed by atoms with E-state index in [1.54, 1.807) is 0 Å². The van der Waals surface area contributed by atoms with Crippen LogP contribution in [0.15, 0.2) is 12.1 Å². The first kappa shape index (κ1) is 28.4. The highest BCUT2D eigenvalue weighted by molar-refractivity contribution is 6.01. The molecule has 3 N–H and O–H groups in total. The summed E-state index contributed by atoms with van der Waals surface area (Å²) in [6.45, 7) is 8.37. The van der Waals surface area contributed by atoms with E-state index >= 15 is 4.39 Å². The number of piperidine rings is 1. The molecule has 0 spiro atoms. The molecule has 1 saturated heterocycles. The molecule has 0 radical (unpaired) electrons. The molecule has 3 aliphatic carbocycles. The number of halogens is 1. The lowest BCUT2D eigenvalue weighted by atomic mass is 9.75. The second kappa shape index (κ2) is 11.5. The average molecular weight is 565 g/mol. The van der Waals surface area contributed by atoms with E-state index < -0.39 is 11.7 Å². The number of hydrogen-bond donors (Lipinski definition) is 2. The molecule has 222 valence electrons. The zero-order valence-corrected chi connectivity index (χ0v) is 24.7. The highest BCUT2D eigenvalue weighted by Crippen LogP contribution is 2.43. The second-order valence-corrected chi connectivity index (χ2v) is 13.5. The van der Waals surface area contributed by atoms with E-state index in [1.165, 1.54) is 38.4 Å². The molecule has 0 bridgehead atoms. The van der Waals surface area contributed by atoms with Gasteiger partial charge in [0.05, 0.1) is 29.6 Å². The molecule has 1 aliphatic heterocycles. The lowest BCUT2D eigenvalue weighted by Crippen LogP contribution is -2.35. The van der Waals surface area contributed by atoms with Gasteiger partial charge in [-0.05, 0) is 100 Å². The van der Waals surface area contributed by atoms with Crippen molar-refractivity contribution in [1.29, 1.82) is 0 Å². The van der Waals surface area contributed by atoms with Gasteiger partial charge in [0.2, 0.25) is 0 Å². The van der Waals surface area contributed by atoms with Crippen LogP contribution in [-0.2, 0) is 24.0 Å². The van der Waals surface area contributed by atoms with Crippen LogP contribution in [0, 0.1) is 11.2 Å². The molecule has 8 heteroatoms. The van der Waals surface area contributed by atoms with Gasteiger partial charge in [-0.3, -0.25) is 9.59 Å². The summed E-state index contributed by atoms with van der Waals surface area (Å²) < 4.78 is 24.0. The largest absolute Gasteiger partial charge is 0.382 e. The van der Waals surface area contributed by atoms with Crippen LogP contribution in [0.1, 0.15) is 109 Å². The Morgan fingerprint density at radius 3 is 2.54 bits per heavy atom. The Labute approximate surface area is 243 Å². The maximum Gasteiger partial charge on any atom is 0.253 e. The van der Waals surface area contributed by atoms with Gasteiger partial charge in [0.15, 0.2) is 5.78 Å². The van der Waals surface area contributed by atoms with Crippen molar-refractivity contribution in [3.05, 3.63) is 46.0 Å². The summed E-state index contributed by atoms with van der Waals surface area (Å²) in [4.78, 5) is 28.1. The Kier molecular flexibility index (Phi) is 7.98. The molecule has 2 aromatic rings. The van der Waals surface area contributed by atoms with Crippen molar-refractivity contribution in [1.82, 2.24) is 9.47 Å². The first-order valence-corrected chi connectivity index (χ1v) is 15.7. The minimum atomic E-state index is -0.776. The Hall–Kier alpha value is -2.71. The van der Waals surface area contributed by atoms with Gasteiger partial charge in [-0.2, -0.15) is 0 Å². The summed E-state index contributed by atoms with van der Waals surface area (Å²) >= 11 is 0. The van der Waals surface area contributed by atoms with E-state index in [1.807, 2.05) is 6.07 Å². The van der Waals surface area contributed by atoms with Gasteiger partial charge in [0, 0.05) is 36.0 Å². The van der Waals surface area contributed by atoms with E-state index in [9.17, 15) is 9.59 Å². The van der Waals surface area contributed by atoms with Crippen LogP contribution in [0.25, 0.3) is 5.69 Å². The fraction of sp³-hybridized carbons (Fsp3) is 0.636. The van der Waals surface area contributed by atoms with Gasteiger partial charge in [-0.15, -0.1) is 0 Å². The molecule has 0 unspecified atom stereocenters. The number of primary amides is 1. The predicted octanol–water partition coefficient (Wildman–Crippen LogP) is 5.58. The van der Waals surface area contributed by atoms with Gasteiger partial charge in [-0.1, -0.05) is 20.3 Å². The number of likely N-dealkylation sites (tertiary alicyclic amines) is 1. The highest BCUT2D eigenvalue weighted by atomic mass is 19.1. The molecule has 1 amide bonds. The molecule has 7 nitrogen and oxygen atoms in total. The number of nitrogens with zero attached hydrogens (tertiary/aromatic N) is 2. The highest BCUT2D eigenvalue weighted by Gasteiger charge is 2.39. The first-order valence-electron chi connectivity index (χ1n) is 15.7. The average Bonchev–Trinajstić information content (AvgIpc) is 3.49. The fourth-order valence-electron chi connectivity index (χ4n) is 7.75. The van der Waals surface area contributed by atoms with Gasteiger partial charge in [-0.25, -0.2) is 4.39 Å². The zero-order valence-electron chi connectivity index (χ0n) is 24.7. The summed E-state index contributed by atoms with van der Waals surface area (Å²) in [6.07, 6.45) is 11.8. The number of fused-ring (bicyclic) bond motifs is 3. The maximum atomic E-state index is 15.6. The van der Waals surface area contributed by atoms with E-state index in [2.05, 4.69) is 28.6 Å². The molecule has 2 heterocycles. The van der Waals surface area contributed by atoms with Crippen molar-refractivity contribution in [2.45, 2.75) is 103 Å². The van der Waals surface area contributed by atoms with Crippen LogP contribution in [0.5, 0.6) is 0 Å². The minimum Gasteiger partial charge on any atom is -0.382 e. The number of Topliss-reactive ketones (excluding diaryl/α,β-unsaturated/α-hetero) is 1. The molecule has 4 aliphatic rings. The van der Waals surface area contributed by atoms with Crippen molar-refractivity contribution in [2.75, 3.05) is 31.6 Å². The van der Waals surface area contributed by atoms with Crippen LogP contribution in [0.3, 0.4) is 0 Å². The monoisotopic (exact) mass is 564 g/mol. The summed E-state index contributed by atoms with van der Waals surface area (Å²) in [5, 5.41) is 3.49. The number of anilines is 1. The number of rotatable bonds is 8. The molecule has 1 saturated carbocycles. The quantitative estimate of drug-likeness (QED) is 0.437. The standard InChI is InChI=1S/C33H45FN4O3/c1-33(2)19-28-30(29(39)20-33)24-7-6-8-27(24)38(28)22-17-25(34)31(32(35)40)26(18-22)36-21-9-11-23(12-10-21)41-16-15-37-13-4-3-5-14-37/h17-18,21,23,36H,3-16,19-20H2,1-2H3,(H2,35,40)/t21-,23-. The fourth-order valence-corrected chi connectivity index (χ4v) is 7.75. The number of nitrogens with one attached hydrogen (secondary N) is 1. The van der Waals surface area contributed by atoms with Crippen molar-refractivity contribution in [3.8, 4) is 5.69 Å². The number of carbonyl (C=O) groups is 2. The van der Waals surface area contributed by atoms with E-state index in [4.69, 9.17) is 10.5 Å². The Bertz CT molecular complexity index is 1320. The molecular weight excluding hydrogens is 519 g/mol. The number of amides is 1. The van der Waals surface area contributed by atoms with Crippen molar-refractivity contribution < 1.29 is 18.7 Å². The van der Waals surface area contributed by atoms with E-state index in [0.29, 0.717) is 17.8 Å². The third-order valence-electron chi connectivity index (χ3n) is 9.71. The molecular formula is C33H45FN4O3. The number of ether oxygens (including phenoxy) is 1. The number of aromatic nitrogens is 1. The van der Waals surface area contributed by atoms with Crippen LogP contribution in [0.4, 0.5) is 10.1 Å². The maximum absolute atomic E-state index is 15.6. The van der Waals surface area contributed by atoms with Crippen LogP contribution < -0.4 is 11.1 Å². The number of benzene rings is 1. The van der Waals surface area contributed by atoms with Crippen molar-refractivity contribution >= 4 is 17.4 Å². The predicted molar refractivity (Wildman–Crippen MR) is 159 cm³/mol. The zero-order chi connectivity index (χ0) is 28.7. The smallest absolute Gasteiger partial charge is 0.253 e.